The second-order valence-corrected chi connectivity index (χ2v) is 4.04. The molecule has 1 aromatic heterocycles. The summed E-state index contributed by atoms with van der Waals surface area (Å²) in [6, 6.07) is 12.7. The van der Waals surface area contributed by atoms with E-state index < -0.39 is 6.04 Å². The van der Waals surface area contributed by atoms with Gasteiger partial charge in [-0.25, -0.2) is 9.79 Å². The minimum absolute atomic E-state index is 0.269. The second kappa shape index (κ2) is 4.49. The maximum Gasteiger partial charge on any atom is 0.338 e. The van der Waals surface area contributed by atoms with Crippen molar-refractivity contribution in [2.45, 2.75) is 12.5 Å². The molecule has 90 valence electrons. The SMILES string of the molecule is O=C1OC(c2ccco2)=NC1Cc1ccccc1. The summed E-state index contributed by atoms with van der Waals surface area (Å²) in [5, 5.41) is 0. The van der Waals surface area contributed by atoms with E-state index in [1.807, 2.05) is 30.3 Å². The quantitative estimate of drug-likeness (QED) is 0.774. The first-order chi connectivity index (χ1) is 8.83. The molecule has 1 aromatic carbocycles. The zero-order valence-electron chi connectivity index (χ0n) is 9.58. The highest BCUT2D eigenvalue weighted by Crippen LogP contribution is 2.17. The molecule has 3 rings (SSSR count). The highest BCUT2D eigenvalue weighted by molar-refractivity contribution is 6.04. The normalized spacial score (nSPS) is 18.6. The van der Waals surface area contributed by atoms with Crippen molar-refractivity contribution < 1.29 is 13.9 Å². The van der Waals surface area contributed by atoms with Gasteiger partial charge in [0.05, 0.1) is 6.26 Å². The van der Waals surface area contributed by atoms with Gasteiger partial charge in [-0.3, -0.25) is 0 Å². The molecule has 2 aromatic rings. The average Bonchev–Trinajstić information content (AvgIpc) is 3.01. The molecule has 0 N–H and O–H groups in total. The smallest absolute Gasteiger partial charge is 0.338 e. The Morgan fingerprint density at radius 3 is 2.67 bits per heavy atom. The summed E-state index contributed by atoms with van der Waals surface area (Å²) in [4.78, 5) is 16.0. The van der Waals surface area contributed by atoms with Gasteiger partial charge in [-0.1, -0.05) is 30.3 Å². The minimum atomic E-state index is -0.479. The molecular formula is C14H11NO3. The van der Waals surface area contributed by atoms with Crippen LogP contribution in [0.4, 0.5) is 0 Å². The summed E-state index contributed by atoms with van der Waals surface area (Å²) in [6.45, 7) is 0. The van der Waals surface area contributed by atoms with Crippen molar-refractivity contribution in [3.05, 3.63) is 60.1 Å². The predicted octanol–water partition coefficient (Wildman–Crippen LogP) is 2.19. The third-order valence-corrected chi connectivity index (χ3v) is 2.75. The number of esters is 1. The van der Waals surface area contributed by atoms with Crippen molar-refractivity contribution in [3.63, 3.8) is 0 Å². The lowest BCUT2D eigenvalue weighted by Crippen LogP contribution is -2.17. The number of hydrogen-bond donors (Lipinski definition) is 0. The van der Waals surface area contributed by atoms with E-state index in [1.54, 1.807) is 12.1 Å². The Balaban J connectivity index is 1.79. The lowest BCUT2D eigenvalue weighted by atomic mass is 10.1. The molecule has 0 amide bonds. The first-order valence-electron chi connectivity index (χ1n) is 5.70. The molecular weight excluding hydrogens is 230 g/mol. The van der Waals surface area contributed by atoms with Gasteiger partial charge >= 0.3 is 5.97 Å². The zero-order valence-corrected chi connectivity index (χ0v) is 9.58. The molecule has 0 spiro atoms. The number of rotatable bonds is 3. The molecule has 0 saturated heterocycles. The molecule has 0 radical (unpaired) electrons. The van der Waals surface area contributed by atoms with Crippen LogP contribution in [0.25, 0.3) is 0 Å². The fourth-order valence-corrected chi connectivity index (χ4v) is 1.86. The summed E-state index contributed by atoms with van der Waals surface area (Å²) in [5.74, 6) is 0.426. The van der Waals surface area contributed by atoms with Crippen molar-refractivity contribution in [1.82, 2.24) is 0 Å². The molecule has 0 fully saturated rings. The van der Waals surface area contributed by atoms with Crippen LogP contribution in [0.1, 0.15) is 11.3 Å². The Labute approximate surface area is 104 Å². The van der Waals surface area contributed by atoms with Crippen LogP contribution >= 0.6 is 0 Å². The van der Waals surface area contributed by atoms with Gasteiger partial charge in [-0.05, 0) is 17.7 Å². The van der Waals surface area contributed by atoms with Gasteiger partial charge in [-0.15, -0.1) is 0 Å². The van der Waals surface area contributed by atoms with Crippen LogP contribution < -0.4 is 0 Å². The number of carbonyl (C=O) groups is 1. The maximum atomic E-state index is 11.7. The van der Waals surface area contributed by atoms with Crippen LogP contribution in [-0.2, 0) is 16.0 Å². The van der Waals surface area contributed by atoms with E-state index in [9.17, 15) is 4.79 Å². The lowest BCUT2D eigenvalue weighted by Gasteiger charge is -2.02. The number of carbonyl (C=O) groups excluding carboxylic acids is 1. The topological polar surface area (TPSA) is 51.8 Å². The van der Waals surface area contributed by atoms with Gasteiger partial charge in [0.15, 0.2) is 11.8 Å². The van der Waals surface area contributed by atoms with E-state index in [0.29, 0.717) is 12.2 Å². The fraction of sp³-hybridized carbons (Fsp3) is 0.143. The lowest BCUT2D eigenvalue weighted by molar-refractivity contribution is -0.134. The third-order valence-electron chi connectivity index (χ3n) is 2.75. The second-order valence-electron chi connectivity index (χ2n) is 4.04. The molecule has 1 atom stereocenters. The van der Waals surface area contributed by atoms with E-state index in [-0.39, 0.29) is 11.9 Å². The largest absolute Gasteiger partial charge is 0.459 e. The van der Waals surface area contributed by atoms with Crippen molar-refractivity contribution in [1.29, 1.82) is 0 Å². The van der Waals surface area contributed by atoms with Crippen LogP contribution in [0, 0.1) is 0 Å². The molecule has 4 nitrogen and oxygen atoms in total. The summed E-state index contributed by atoms with van der Waals surface area (Å²) in [5.41, 5.74) is 1.06. The van der Waals surface area contributed by atoms with E-state index in [1.165, 1.54) is 6.26 Å². The van der Waals surface area contributed by atoms with Crippen molar-refractivity contribution in [3.8, 4) is 0 Å². The molecule has 1 aliphatic rings. The molecule has 0 saturated carbocycles. The van der Waals surface area contributed by atoms with Gasteiger partial charge in [0.1, 0.15) is 0 Å². The van der Waals surface area contributed by atoms with Gasteiger partial charge in [0, 0.05) is 6.42 Å². The fourth-order valence-electron chi connectivity index (χ4n) is 1.86. The van der Waals surface area contributed by atoms with E-state index in [0.717, 1.165) is 5.56 Å². The minimum Gasteiger partial charge on any atom is -0.459 e. The van der Waals surface area contributed by atoms with Crippen LogP contribution in [-0.4, -0.2) is 17.9 Å². The standard InChI is InChI=1S/C14H11NO3/c16-14-11(9-10-5-2-1-3-6-10)15-13(18-14)12-7-4-8-17-12/h1-8,11H,9H2. The Hall–Kier alpha value is -2.36. The Bertz CT molecular complexity index is 572. The Morgan fingerprint density at radius 1 is 1.11 bits per heavy atom. The number of ether oxygens (including phenoxy) is 1. The first-order valence-corrected chi connectivity index (χ1v) is 5.70. The summed E-state index contributed by atoms with van der Waals surface area (Å²) in [7, 11) is 0. The monoisotopic (exact) mass is 241 g/mol. The Kier molecular flexibility index (Phi) is 2.68. The van der Waals surface area contributed by atoms with Crippen molar-refractivity contribution in [2.75, 3.05) is 0 Å². The van der Waals surface area contributed by atoms with Crippen LogP contribution in [0.3, 0.4) is 0 Å². The molecule has 2 heterocycles. The highest BCUT2D eigenvalue weighted by Gasteiger charge is 2.30. The number of hydrogen-bond acceptors (Lipinski definition) is 4. The summed E-state index contributed by atoms with van der Waals surface area (Å²) in [6.07, 6.45) is 2.07. The van der Waals surface area contributed by atoms with Crippen LogP contribution in [0.15, 0.2) is 58.1 Å². The predicted molar refractivity (Wildman–Crippen MR) is 65.3 cm³/mol. The molecule has 0 aliphatic carbocycles. The van der Waals surface area contributed by atoms with Crippen molar-refractivity contribution >= 4 is 11.9 Å². The number of nitrogens with zero attached hydrogens (tertiary/aromatic N) is 1. The van der Waals surface area contributed by atoms with E-state index in [2.05, 4.69) is 4.99 Å². The van der Waals surface area contributed by atoms with E-state index in [4.69, 9.17) is 9.15 Å². The molecule has 18 heavy (non-hydrogen) atoms. The zero-order chi connectivity index (χ0) is 12.4. The van der Waals surface area contributed by atoms with Gasteiger partial charge in [0.2, 0.25) is 0 Å². The van der Waals surface area contributed by atoms with Gasteiger partial charge < -0.3 is 9.15 Å². The molecule has 4 heteroatoms. The van der Waals surface area contributed by atoms with Crippen molar-refractivity contribution in [2.24, 2.45) is 4.99 Å². The number of benzene rings is 1. The maximum absolute atomic E-state index is 11.7. The van der Waals surface area contributed by atoms with E-state index >= 15 is 0 Å². The first kappa shape index (κ1) is 10.8. The number of cyclic esters (lactones) is 1. The van der Waals surface area contributed by atoms with Crippen LogP contribution in [0.2, 0.25) is 0 Å². The number of furan rings is 1. The average molecular weight is 241 g/mol. The number of aliphatic imine (C=N–C) groups is 1. The Morgan fingerprint density at radius 2 is 1.94 bits per heavy atom. The molecule has 0 bridgehead atoms. The van der Waals surface area contributed by atoms with Gasteiger partial charge in [-0.2, -0.15) is 0 Å². The van der Waals surface area contributed by atoms with Crippen LogP contribution in [0.5, 0.6) is 0 Å². The summed E-state index contributed by atoms with van der Waals surface area (Å²) >= 11 is 0. The summed E-state index contributed by atoms with van der Waals surface area (Å²) < 4.78 is 10.3. The third kappa shape index (κ3) is 2.05. The van der Waals surface area contributed by atoms with Gasteiger partial charge in [0.25, 0.3) is 5.90 Å². The molecule has 1 unspecified atom stereocenters. The molecule has 1 aliphatic heterocycles. The highest BCUT2D eigenvalue weighted by atomic mass is 16.6.